The summed E-state index contributed by atoms with van der Waals surface area (Å²) in [6, 6.07) is 1.93. The van der Waals surface area contributed by atoms with E-state index in [4.69, 9.17) is 4.74 Å². The van der Waals surface area contributed by atoms with E-state index in [0.29, 0.717) is 0 Å². The highest BCUT2D eigenvalue weighted by molar-refractivity contribution is 14.0. The third-order valence-electron chi connectivity index (χ3n) is 3.22. The maximum absolute atomic E-state index is 5.59. The predicted octanol–water partition coefficient (Wildman–Crippen LogP) is 1.48. The molecule has 1 heterocycles. The van der Waals surface area contributed by atoms with Crippen LogP contribution in [0, 0.1) is 5.92 Å². The summed E-state index contributed by atoms with van der Waals surface area (Å²) in [5, 5.41) is 10.7. The molecule has 0 bridgehead atoms. The van der Waals surface area contributed by atoms with Crippen molar-refractivity contribution in [2.45, 2.75) is 25.8 Å². The molecule has 0 atom stereocenters. The molecule has 0 spiro atoms. The molecule has 1 aliphatic carbocycles. The van der Waals surface area contributed by atoms with Crippen molar-refractivity contribution in [1.82, 2.24) is 20.4 Å². The van der Waals surface area contributed by atoms with E-state index in [9.17, 15) is 0 Å². The SMILES string of the molecule is CN=C(NCCCOCC1CC1)NCCn1cccn1.I. The lowest BCUT2D eigenvalue weighted by atomic mass is 10.4. The van der Waals surface area contributed by atoms with Gasteiger partial charge < -0.3 is 15.4 Å². The Morgan fingerprint density at radius 3 is 2.86 bits per heavy atom. The fourth-order valence-corrected chi connectivity index (χ4v) is 1.86. The molecule has 6 nitrogen and oxygen atoms in total. The minimum atomic E-state index is 0. The van der Waals surface area contributed by atoms with E-state index in [1.54, 1.807) is 13.2 Å². The highest BCUT2D eigenvalue weighted by atomic mass is 127. The molecule has 1 aromatic heterocycles. The smallest absolute Gasteiger partial charge is 0.191 e. The zero-order valence-corrected chi connectivity index (χ0v) is 15.0. The van der Waals surface area contributed by atoms with Gasteiger partial charge in [0.2, 0.25) is 0 Å². The maximum atomic E-state index is 5.59. The molecule has 2 rings (SSSR count). The number of nitrogens with zero attached hydrogens (tertiary/aromatic N) is 3. The average Bonchev–Trinajstić information content (AvgIpc) is 3.14. The Bertz CT molecular complexity index is 392. The van der Waals surface area contributed by atoms with Crippen molar-refractivity contribution in [2.24, 2.45) is 10.9 Å². The van der Waals surface area contributed by atoms with Crippen LogP contribution in [-0.2, 0) is 11.3 Å². The number of aromatic nitrogens is 2. The summed E-state index contributed by atoms with van der Waals surface area (Å²) in [4.78, 5) is 4.19. The lowest BCUT2D eigenvalue weighted by Crippen LogP contribution is -2.39. The van der Waals surface area contributed by atoms with Gasteiger partial charge >= 0.3 is 0 Å². The zero-order chi connectivity index (χ0) is 14.0. The summed E-state index contributed by atoms with van der Waals surface area (Å²) in [6.07, 6.45) is 7.45. The third kappa shape index (κ3) is 8.25. The van der Waals surface area contributed by atoms with Crippen LogP contribution in [0.4, 0.5) is 0 Å². The second kappa shape index (κ2) is 10.8. The van der Waals surface area contributed by atoms with Crippen molar-refractivity contribution in [3.63, 3.8) is 0 Å². The Kier molecular flexibility index (Phi) is 9.40. The fourth-order valence-electron chi connectivity index (χ4n) is 1.86. The zero-order valence-electron chi connectivity index (χ0n) is 12.6. The molecule has 120 valence electrons. The first-order chi connectivity index (χ1) is 9.88. The van der Waals surface area contributed by atoms with Gasteiger partial charge in [-0.3, -0.25) is 9.67 Å². The predicted molar refractivity (Wildman–Crippen MR) is 95.2 cm³/mol. The molecule has 0 aromatic carbocycles. The molecule has 0 radical (unpaired) electrons. The summed E-state index contributed by atoms with van der Waals surface area (Å²) in [5.74, 6) is 1.68. The Labute approximate surface area is 143 Å². The van der Waals surface area contributed by atoms with Crippen molar-refractivity contribution >= 4 is 29.9 Å². The molecule has 2 N–H and O–H groups in total. The molecule has 0 aliphatic heterocycles. The fraction of sp³-hybridized carbons (Fsp3) is 0.714. The molecule has 21 heavy (non-hydrogen) atoms. The number of halogens is 1. The van der Waals surface area contributed by atoms with Gasteiger partial charge in [0.1, 0.15) is 0 Å². The molecule has 1 fully saturated rings. The van der Waals surface area contributed by atoms with Crippen LogP contribution in [0.15, 0.2) is 23.5 Å². The number of rotatable bonds is 9. The lowest BCUT2D eigenvalue weighted by molar-refractivity contribution is 0.123. The number of ether oxygens (including phenoxy) is 1. The van der Waals surface area contributed by atoms with Crippen LogP contribution in [-0.4, -0.2) is 49.1 Å². The standard InChI is InChI=1S/C14H25N5O.HI/c1-15-14(17-8-10-19-9-2-7-18-19)16-6-3-11-20-12-13-4-5-13;/h2,7,9,13H,3-6,8,10-12H2,1H3,(H2,15,16,17);1H. The van der Waals surface area contributed by atoms with Gasteiger partial charge in [-0.05, 0) is 31.2 Å². The molecule has 0 unspecified atom stereocenters. The molecular formula is C14H26IN5O. The van der Waals surface area contributed by atoms with Crippen molar-refractivity contribution < 1.29 is 4.74 Å². The van der Waals surface area contributed by atoms with Gasteiger partial charge in [-0.15, -0.1) is 24.0 Å². The first kappa shape index (κ1) is 18.2. The number of guanidine groups is 1. The summed E-state index contributed by atoms with van der Waals surface area (Å²) in [7, 11) is 1.78. The van der Waals surface area contributed by atoms with Crippen LogP contribution in [0.5, 0.6) is 0 Å². The quantitative estimate of drug-likeness (QED) is 0.282. The summed E-state index contributed by atoms with van der Waals surface area (Å²) < 4.78 is 7.49. The summed E-state index contributed by atoms with van der Waals surface area (Å²) >= 11 is 0. The van der Waals surface area contributed by atoms with E-state index >= 15 is 0 Å². The van der Waals surface area contributed by atoms with Crippen LogP contribution in [0.1, 0.15) is 19.3 Å². The molecule has 1 aromatic rings. The van der Waals surface area contributed by atoms with E-state index in [1.165, 1.54) is 12.8 Å². The van der Waals surface area contributed by atoms with E-state index in [0.717, 1.165) is 51.1 Å². The topological polar surface area (TPSA) is 63.5 Å². The minimum absolute atomic E-state index is 0. The van der Waals surface area contributed by atoms with Gasteiger partial charge in [-0.25, -0.2) is 0 Å². The van der Waals surface area contributed by atoms with Crippen molar-refractivity contribution in [3.05, 3.63) is 18.5 Å². The molecular weight excluding hydrogens is 381 g/mol. The summed E-state index contributed by atoms with van der Waals surface area (Å²) in [6.45, 7) is 4.29. The number of hydrogen-bond acceptors (Lipinski definition) is 3. The van der Waals surface area contributed by atoms with Crippen LogP contribution >= 0.6 is 24.0 Å². The van der Waals surface area contributed by atoms with Crippen molar-refractivity contribution in [2.75, 3.05) is 33.4 Å². The van der Waals surface area contributed by atoms with Gasteiger partial charge in [-0.1, -0.05) is 0 Å². The van der Waals surface area contributed by atoms with E-state index < -0.39 is 0 Å². The number of hydrogen-bond donors (Lipinski definition) is 2. The number of aliphatic imine (C=N–C) groups is 1. The monoisotopic (exact) mass is 407 g/mol. The van der Waals surface area contributed by atoms with Crippen molar-refractivity contribution in [1.29, 1.82) is 0 Å². The van der Waals surface area contributed by atoms with Crippen LogP contribution in [0.3, 0.4) is 0 Å². The maximum Gasteiger partial charge on any atom is 0.191 e. The Hall–Kier alpha value is -0.830. The molecule has 1 saturated carbocycles. The minimum Gasteiger partial charge on any atom is -0.381 e. The van der Waals surface area contributed by atoms with Gasteiger partial charge in [0.05, 0.1) is 6.54 Å². The second-order valence-corrected chi connectivity index (χ2v) is 5.07. The highest BCUT2D eigenvalue weighted by Crippen LogP contribution is 2.28. The first-order valence-electron chi connectivity index (χ1n) is 7.38. The average molecular weight is 407 g/mol. The second-order valence-electron chi connectivity index (χ2n) is 5.07. The van der Waals surface area contributed by atoms with E-state index in [1.807, 2.05) is 16.9 Å². The molecule has 1 aliphatic rings. The summed E-state index contributed by atoms with van der Waals surface area (Å²) in [5.41, 5.74) is 0. The van der Waals surface area contributed by atoms with Gasteiger partial charge in [0, 0.05) is 45.7 Å². The molecule has 0 amide bonds. The lowest BCUT2D eigenvalue weighted by Gasteiger charge is -2.12. The van der Waals surface area contributed by atoms with Gasteiger partial charge in [0.25, 0.3) is 0 Å². The van der Waals surface area contributed by atoms with Gasteiger partial charge in [0.15, 0.2) is 5.96 Å². The Morgan fingerprint density at radius 1 is 1.38 bits per heavy atom. The van der Waals surface area contributed by atoms with Crippen LogP contribution in [0.25, 0.3) is 0 Å². The molecule has 7 heteroatoms. The third-order valence-corrected chi connectivity index (χ3v) is 3.22. The highest BCUT2D eigenvalue weighted by Gasteiger charge is 2.20. The largest absolute Gasteiger partial charge is 0.381 e. The normalized spacial score (nSPS) is 14.6. The van der Waals surface area contributed by atoms with E-state index in [2.05, 4.69) is 20.7 Å². The van der Waals surface area contributed by atoms with Crippen LogP contribution in [0.2, 0.25) is 0 Å². The Morgan fingerprint density at radius 2 is 2.19 bits per heavy atom. The Balaban J connectivity index is 0.00000220. The molecule has 0 saturated heterocycles. The van der Waals surface area contributed by atoms with Crippen LogP contribution < -0.4 is 10.6 Å². The van der Waals surface area contributed by atoms with E-state index in [-0.39, 0.29) is 24.0 Å². The van der Waals surface area contributed by atoms with Crippen molar-refractivity contribution in [3.8, 4) is 0 Å². The first-order valence-corrected chi connectivity index (χ1v) is 7.38. The number of nitrogens with one attached hydrogen (secondary N) is 2. The van der Waals surface area contributed by atoms with Gasteiger partial charge in [-0.2, -0.15) is 5.10 Å².